The van der Waals surface area contributed by atoms with Crippen molar-refractivity contribution in [3.05, 3.63) is 65.2 Å². The first-order valence-corrected chi connectivity index (χ1v) is 13.7. The number of aryl methyl sites for hydroxylation is 1. The Hall–Kier alpha value is -3.63. The number of nitrogens with zero attached hydrogens (tertiary/aromatic N) is 1. The predicted molar refractivity (Wildman–Crippen MR) is 149 cm³/mol. The van der Waals surface area contributed by atoms with E-state index in [9.17, 15) is 14.8 Å². The summed E-state index contributed by atoms with van der Waals surface area (Å²) in [7, 11) is 3.16. The van der Waals surface area contributed by atoms with Crippen LogP contribution in [0.5, 0.6) is 5.75 Å². The van der Waals surface area contributed by atoms with Gasteiger partial charge in [0, 0.05) is 25.8 Å². The zero-order valence-electron chi connectivity index (χ0n) is 23.4. The standard InChI is InChI=1S/C30H39N3O7/c1-20(34)27(38-3)26-12-9-22-17-23(10-11-25(22)40-26)28(33-36)32-30(19-37-2)15-13-24(14-16-30)31-29(35)39-18-21-7-5-4-6-8-21/h4-8,10-11,17,24,26-27,36H,9,12-16,18-19H2,1-3H3,(H,31,35)(H,32,33)/t24-,26-,27?,30+/m1/s1. The fraction of sp³-hybridized carbons (Fsp3) is 0.500. The molecule has 10 nitrogen and oxygen atoms in total. The number of ketones is 1. The summed E-state index contributed by atoms with van der Waals surface area (Å²) >= 11 is 0. The molecule has 3 N–H and O–H groups in total. The highest BCUT2D eigenvalue weighted by Gasteiger charge is 2.38. The van der Waals surface area contributed by atoms with Crippen LogP contribution in [0, 0.1) is 0 Å². The molecular formula is C30H39N3O7. The number of nitrogens with one attached hydrogen (secondary N) is 2. The molecule has 0 bridgehead atoms. The molecule has 1 saturated carbocycles. The Morgan fingerprint density at radius 2 is 1.88 bits per heavy atom. The lowest BCUT2D eigenvalue weighted by molar-refractivity contribution is -0.132. The third-order valence-electron chi connectivity index (χ3n) is 7.68. The maximum absolute atomic E-state index is 12.3. The Bertz CT molecular complexity index is 1180. The van der Waals surface area contributed by atoms with E-state index in [2.05, 4.69) is 15.8 Å². The first kappa shape index (κ1) is 29.4. The summed E-state index contributed by atoms with van der Waals surface area (Å²) in [5.74, 6) is 0.969. The number of carbonyl (C=O) groups is 2. The zero-order valence-corrected chi connectivity index (χ0v) is 23.4. The van der Waals surface area contributed by atoms with Crippen molar-refractivity contribution in [1.82, 2.24) is 10.6 Å². The summed E-state index contributed by atoms with van der Waals surface area (Å²) in [6, 6.07) is 15.1. The molecule has 1 aliphatic carbocycles. The molecule has 216 valence electrons. The minimum atomic E-state index is -0.603. The van der Waals surface area contributed by atoms with E-state index < -0.39 is 17.7 Å². The molecule has 1 fully saturated rings. The number of oxime groups is 1. The number of methoxy groups -OCH3 is 2. The van der Waals surface area contributed by atoms with E-state index in [4.69, 9.17) is 18.9 Å². The SMILES string of the molecule is COC[C@]1(N/C(=N/O)c2ccc3c(c2)CC[C@H](C(OC)C(C)=O)O3)CC[C@@H](NC(=O)OCc2ccccc2)CC1. The van der Waals surface area contributed by atoms with Crippen LogP contribution >= 0.6 is 0 Å². The van der Waals surface area contributed by atoms with Crippen LogP contribution in [-0.4, -0.2) is 67.5 Å². The number of alkyl carbamates (subject to hydrolysis) is 1. The summed E-state index contributed by atoms with van der Waals surface area (Å²) in [5.41, 5.74) is 2.16. The molecule has 0 aromatic heterocycles. The van der Waals surface area contributed by atoms with E-state index in [1.54, 1.807) is 7.11 Å². The second kappa shape index (κ2) is 13.6. The van der Waals surface area contributed by atoms with E-state index in [0.717, 1.165) is 16.7 Å². The summed E-state index contributed by atoms with van der Waals surface area (Å²) in [6.07, 6.45) is 2.79. The molecule has 4 rings (SSSR count). The van der Waals surface area contributed by atoms with Crippen LogP contribution in [0.2, 0.25) is 0 Å². The second-order valence-corrected chi connectivity index (χ2v) is 10.6. The molecule has 2 atom stereocenters. The lowest BCUT2D eigenvalue weighted by Gasteiger charge is -2.41. The summed E-state index contributed by atoms with van der Waals surface area (Å²) in [4.78, 5) is 24.2. The Labute approximate surface area is 235 Å². The van der Waals surface area contributed by atoms with Gasteiger partial charge in [0.05, 0.1) is 12.1 Å². The van der Waals surface area contributed by atoms with Crippen molar-refractivity contribution in [2.24, 2.45) is 5.16 Å². The van der Waals surface area contributed by atoms with Gasteiger partial charge < -0.3 is 34.8 Å². The van der Waals surface area contributed by atoms with Gasteiger partial charge >= 0.3 is 6.09 Å². The van der Waals surface area contributed by atoms with Crippen LogP contribution in [0.25, 0.3) is 0 Å². The average Bonchev–Trinajstić information content (AvgIpc) is 2.97. The van der Waals surface area contributed by atoms with Crippen LogP contribution in [0.4, 0.5) is 4.79 Å². The molecule has 1 heterocycles. The maximum Gasteiger partial charge on any atom is 0.407 e. The highest BCUT2D eigenvalue weighted by Crippen LogP contribution is 2.32. The molecule has 0 spiro atoms. The van der Waals surface area contributed by atoms with Crippen LogP contribution < -0.4 is 15.4 Å². The fourth-order valence-electron chi connectivity index (χ4n) is 5.58. The largest absolute Gasteiger partial charge is 0.487 e. The third-order valence-corrected chi connectivity index (χ3v) is 7.68. The number of amides is 1. The highest BCUT2D eigenvalue weighted by atomic mass is 16.5. The molecule has 40 heavy (non-hydrogen) atoms. The molecular weight excluding hydrogens is 514 g/mol. The Morgan fingerprint density at radius 1 is 1.12 bits per heavy atom. The van der Waals surface area contributed by atoms with E-state index in [0.29, 0.717) is 56.7 Å². The van der Waals surface area contributed by atoms with Gasteiger partial charge in [-0.15, -0.1) is 0 Å². The Balaban J connectivity index is 1.35. The van der Waals surface area contributed by atoms with Crippen molar-refractivity contribution in [2.75, 3.05) is 20.8 Å². The number of benzene rings is 2. The van der Waals surface area contributed by atoms with Gasteiger partial charge in [0.15, 0.2) is 17.7 Å². The minimum absolute atomic E-state index is 0.0238. The lowest BCUT2D eigenvalue weighted by Crippen LogP contribution is -2.56. The Morgan fingerprint density at radius 3 is 2.52 bits per heavy atom. The maximum atomic E-state index is 12.3. The quantitative estimate of drug-likeness (QED) is 0.175. The normalized spacial score (nSPS) is 23.3. The Kier molecular flexibility index (Phi) is 10.0. The molecule has 1 unspecified atom stereocenters. The molecule has 0 radical (unpaired) electrons. The first-order chi connectivity index (χ1) is 19.4. The van der Waals surface area contributed by atoms with E-state index in [1.807, 2.05) is 48.5 Å². The van der Waals surface area contributed by atoms with Gasteiger partial charge in [0.1, 0.15) is 18.5 Å². The number of hydrogen-bond donors (Lipinski definition) is 3. The summed E-state index contributed by atoms with van der Waals surface area (Å²) in [5, 5.41) is 19.9. The van der Waals surface area contributed by atoms with Gasteiger partial charge in [-0.05, 0) is 74.8 Å². The van der Waals surface area contributed by atoms with Crippen molar-refractivity contribution in [3.8, 4) is 5.75 Å². The first-order valence-electron chi connectivity index (χ1n) is 13.7. The number of Topliss-reactive ketones (excluding diaryl/α,β-unsaturated/α-hetero) is 1. The number of amidine groups is 1. The highest BCUT2D eigenvalue weighted by molar-refractivity contribution is 5.99. The predicted octanol–water partition coefficient (Wildman–Crippen LogP) is 3.96. The molecule has 2 aromatic carbocycles. The van der Waals surface area contributed by atoms with Crippen LogP contribution in [0.3, 0.4) is 0 Å². The van der Waals surface area contributed by atoms with Gasteiger partial charge in [0.25, 0.3) is 0 Å². The van der Waals surface area contributed by atoms with Crippen molar-refractivity contribution >= 4 is 17.7 Å². The minimum Gasteiger partial charge on any atom is -0.487 e. The van der Waals surface area contributed by atoms with E-state index in [-0.39, 0.29) is 24.5 Å². The van der Waals surface area contributed by atoms with Gasteiger partial charge in [-0.3, -0.25) is 4.79 Å². The number of carbonyl (C=O) groups excluding carboxylic acids is 2. The smallest absolute Gasteiger partial charge is 0.407 e. The lowest BCUT2D eigenvalue weighted by atomic mass is 9.79. The molecule has 1 aliphatic heterocycles. The molecule has 0 saturated heterocycles. The van der Waals surface area contributed by atoms with Crippen molar-refractivity contribution in [2.45, 2.75) is 75.8 Å². The number of rotatable bonds is 10. The van der Waals surface area contributed by atoms with Gasteiger partial charge in [-0.1, -0.05) is 35.5 Å². The molecule has 10 heteroatoms. The third kappa shape index (κ3) is 7.31. The van der Waals surface area contributed by atoms with Gasteiger partial charge in [0.2, 0.25) is 0 Å². The van der Waals surface area contributed by atoms with Crippen molar-refractivity contribution in [1.29, 1.82) is 0 Å². The summed E-state index contributed by atoms with van der Waals surface area (Å²) < 4.78 is 22.4. The fourth-order valence-corrected chi connectivity index (χ4v) is 5.58. The van der Waals surface area contributed by atoms with Gasteiger partial charge in [-0.25, -0.2) is 4.79 Å². The topological polar surface area (TPSA) is 128 Å². The van der Waals surface area contributed by atoms with Crippen LogP contribution in [-0.2, 0) is 32.0 Å². The average molecular weight is 554 g/mol. The van der Waals surface area contributed by atoms with E-state index in [1.165, 1.54) is 14.0 Å². The molecule has 2 aliphatic rings. The van der Waals surface area contributed by atoms with Crippen LogP contribution in [0.15, 0.2) is 53.7 Å². The number of fused-ring (bicyclic) bond motifs is 1. The van der Waals surface area contributed by atoms with Gasteiger partial charge in [-0.2, -0.15) is 0 Å². The summed E-state index contributed by atoms with van der Waals surface area (Å²) in [6.45, 7) is 2.14. The van der Waals surface area contributed by atoms with Crippen molar-refractivity contribution in [3.63, 3.8) is 0 Å². The zero-order chi connectivity index (χ0) is 28.5. The number of hydrogen-bond acceptors (Lipinski definition) is 8. The monoisotopic (exact) mass is 553 g/mol. The van der Waals surface area contributed by atoms with Crippen LogP contribution in [0.1, 0.15) is 55.7 Å². The number of ether oxygens (including phenoxy) is 4. The molecule has 2 aromatic rings. The molecule has 1 amide bonds. The second-order valence-electron chi connectivity index (χ2n) is 10.6. The van der Waals surface area contributed by atoms with E-state index >= 15 is 0 Å². The van der Waals surface area contributed by atoms with Crippen molar-refractivity contribution < 1.29 is 33.7 Å².